The summed E-state index contributed by atoms with van der Waals surface area (Å²) in [5, 5.41) is 22.0. The molecule has 0 radical (unpaired) electrons. The Morgan fingerprint density at radius 3 is 1.60 bits per heavy atom. The van der Waals surface area contributed by atoms with Gasteiger partial charge in [0, 0.05) is 35.9 Å². The van der Waals surface area contributed by atoms with Crippen LogP contribution in [0.5, 0.6) is 0 Å². The van der Waals surface area contributed by atoms with Gasteiger partial charge >= 0.3 is 11.9 Å². The lowest BCUT2D eigenvalue weighted by molar-refractivity contribution is 0.0688. The van der Waals surface area contributed by atoms with Crippen LogP contribution in [-0.2, 0) is 10.1 Å². The molecule has 3 N–H and O–H groups in total. The molecule has 6 aromatic carbocycles. The van der Waals surface area contributed by atoms with Gasteiger partial charge in [-0.05, 0) is 79.2 Å². The van der Waals surface area contributed by atoms with E-state index in [1.807, 2.05) is 42.5 Å². The number of benzene rings is 6. The lowest BCUT2D eigenvalue weighted by atomic mass is 9.98. The number of fused-ring (bicyclic) bond motifs is 10. The Bertz CT molecular complexity index is 2980. The highest BCUT2D eigenvalue weighted by Gasteiger charge is 2.30. The first-order valence-corrected chi connectivity index (χ1v) is 16.7. The summed E-state index contributed by atoms with van der Waals surface area (Å²) in [5.41, 5.74) is 9.50. The molecule has 0 fully saturated rings. The molecule has 0 amide bonds. The van der Waals surface area contributed by atoms with E-state index >= 15 is 0 Å². The molecule has 50 heavy (non-hydrogen) atoms. The number of aromatic nitrogens is 4. The van der Waals surface area contributed by atoms with Crippen molar-refractivity contribution in [1.82, 2.24) is 19.9 Å². The first kappa shape index (κ1) is 29.5. The zero-order valence-electron chi connectivity index (χ0n) is 25.5. The molecule has 12 heteroatoms. The van der Waals surface area contributed by atoms with E-state index in [1.165, 1.54) is 24.5 Å². The van der Waals surface area contributed by atoms with E-state index in [1.54, 1.807) is 36.7 Å². The van der Waals surface area contributed by atoms with Crippen molar-refractivity contribution in [3.05, 3.63) is 115 Å². The van der Waals surface area contributed by atoms with E-state index in [0.717, 1.165) is 49.6 Å². The smallest absolute Gasteiger partial charge is 0.336 e. The van der Waals surface area contributed by atoms with Crippen LogP contribution in [0.25, 0.3) is 88.1 Å². The molecule has 0 aliphatic heterocycles. The lowest BCUT2D eigenvalue weighted by Crippen LogP contribution is -2.02. The first-order valence-electron chi connectivity index (χ1n) is 15.2. The number of carboxylic acids is 2. The van der Waals surface area contributed by atoms with Crippen LogP contribution in [0.15, 0.2) is 109 Å². The average molecular weight is 677 g/mol. The highest BCUT2D eigenvalue weighted by molar-refractivity contribution is 7.86. The van der Waals surface area contributed by atoms with Gasteiger partial charge in [0.1, 0.15) is 10.4 Å². The number of carboxylic acid groups (broad SMARTS) is 2. The maximum Gasteiger partial charge on any atom is 0.336 e. The minimum absolute atomic E-state index is 0.0713. The van der Waals surface area contributed by atoms with E-state index in [-0.39, 0.29) is 16.0 Å². The monoisotopic (exact) mass is 676 g/mol. The standard InChI is InChI=1S/C19H10N2O5S.C19H10N2O2/c22-19(23)11-5-4-10-13-8-14(27(24,25)26)17-18(21-7-6-20-17)16(13)12-3-1-2-9(11)15(10)12;22-19(23)13-5-4-11-12-6-7-15-18(21-9-8-20-15)17(12)14-3-1-2-10(13)16(11)14/h1-8H,(H,22,23)(H,24,25,26);1-9H,(H,22,23). The highest BCUT2D eigenvalue weighted by atomic mass is 32.2. The van der Waals surface area contributed by atoms with Gasteiger partial charge in [-0.15, -0.1) is 0 Å². The Labute approximate surface area is 281 Å². The van der Waals surface area contributed by atoms with Crippen LogP contribution in [0.2, 0.25) is 0 Å². The number of aromatic carboxylic acids is 2. The van der Waals surface area contributed by atoms with Crippen molar-refractivity contribution in [2.75, 3.05) is 0 Å². The predicted octanol–water partition coefficient (Wildman–Crippen LogP) is 7.50. The van der Waals surface area contributed by atoms with Gasteiger partial charge in [0.05, 0.1) is 27.7 Å². The quantitative estimate of drug-likeness (QED) is 0.158. The third-order valence-electron chi connectivity index (χ3n) is 9.29. The molecule has 240 valence electrons. The molecule has 11 nitrogen and oxygen atoms in total. The van der Waals surface area contributed by atoms with Gasteiger partial charge in [-0.3, -0.25) is 24.5 Å². The summed E-state index contributed by atoms with van der Waals surface area (Å²) < 4.78 is 33.5. The summed E-state index contributed by atoms with van der Waals surface area (Å²) in [7, 11) is -4.53. The minimum atomic E-state index is -4.53. The Morgan fingerprint density at radius 2 is 1.02 bits per heavy atom. The van der Waals surface area contributed by atoms with Crippen LogP contribution >= 0.6 is 0 Å². The van der Waals surface area contributed by atoms with E-state index in [4.69, 9.17) is 0 Å². The molecular weight excluding hydrogens is 657 g/mol. The molecule has 0 saturated heterocycles. The van der Waals surface area contributed by atoms with Crippen LogP contribution in [-0.4, -0.2) is 55.1 Å². The summed E-state index contributed by atoms with van der Waals surface area (Å²) in [6.45, 7) is 0. The Morgan fingerprint density at radius 1 is 0.520 bits per heavy atom. The fraction of sp³-hybridized carbons (Fsp3) is 0. The third-order valence-corrected chi connectivity index (χ3v) is 10.2. The van der Waals surface area contributed by atoms with Crippen LogP contribution in [0, 0.1) is 0 Å². The molecule has 0 unspecified atom stereocenters. The van der Waals surface area contributed by atoms with Gasteiger partial charge in [-0.25, -0.2) is 9.59 Å². The molecule has 2 aromatic heterocycles. The summed E-state index contributed by atoms with van der Waals surface area (Å²) in [6, 6.07) is 23.2. The lowest BCUT2D eigenvalue weighted by Gasteiger charge is -2.09. The number of carbonyl (C=O) groups is 2. The molecule has 10 rings (SSSR count). The van der Waals surface area contributed by atoms with Gasteiger partial charge in [-0.2, -0.15) is 8.42 Å². The number of nitrogens with zero attached hydrogens (tertiary/aromatic N) is 4. The van der Waals surface area contributed by atoms with Gasteiger partial charge < -0.3 is 10.2 Å². The molecule has 2 heterocycles. The summed E-state index contributed by atoms with van der Waals surface area (Å²) in [5.74, 6) is -1.95. The van der Waals surface area contributed by atoms with Gasteiger partial charge in [0.15, 0.2) is 0 Å². The second kappa shape index (κ2) is 10.4. The molecule has 2 aliphatic rings. The van der Waals surface area contributed by atoms with Crippen LogP contribution < -0.4 is 0 Å². The fourth-order valence-corrected chi connectivity index (χ4v) is 8.03. The predicted molar refractivity (Wildman–Crippen MR) is 187 cm³/mol. The van der Waals surface area contributed by atoms with E-state index < -0.39 is 22.1 Å². The largest absolute Gasteiger partial charge is 0.478 e. The van der Waals surface area contributed by atoms with Crippen molar-refractivity contribution >= 4 is 65.7 Å². The van der Waals surface area contributed by atoms with Crippen LogP contribution in [0.3, 0.4) is 0 Å². The second-order valence-corrected chi connectivity index (χ2v) is 13.2. The number of hydrogen-bond donors (Lipinski definition) is 3. The van der Waals surface area contributed by atoms with Crippen molar-refractivity contribution in [2.45, 2.75) is 4.90 Å². The Hall–Kier alpha value is -6.63. The molecule has 0 atom stereocenters. The van der Waals surface area contributed by atoms with Crippen molar-refractivity contribution < 1.29 is 32.8 Å². The Kier molecular flexibility index (Phi) is 6.16. The van der Waals surface area contributed by atoms with E-state index in [9.17, 15) is 32.8 Å². The fourth-order valence-electron chi connectivity index (χ4n) is 7.37. The van der Waals surface area contributed by atoms with E-state index in [2.05, 4.69) is 19.9 Å². The van der Waals surface area contributed by atoms with E-state index in [0.29, 0.717) is 38.5 Å². The molecule has 2 aliphatic carbocycles. The second-order valence-electron chi connectivity index (χ2n) is 11.8. The van der Waals surface area contributed by atoms with Gasteiger partial charge in [0.2, 0.25) is 0 Å². The van der Waals surface area contributed by atoms with Crippen molar-refractivity contribution in [3.8, 4) is 44.5 Å². The summed E-state index contributed by atoms with van der Waals surface area (Å²) in [6.07, 6.45) is 6.17. The maximum absolute atomic E-state index is 11.9. The first-order chi connectivity index (χ1) is 24.1. The van der Waals surface area contributed by atoms with Crippen molar-refractivity contribution in [3.63, 3.8) is 0 Å². The number of rotatable bonds is 3. The zero-order valence-corrected chi connectivity index (χ0v) is 26.3. The van der Waals surface area contributed by atoms with Crippen LogP contribution in [0.1, 0.15) is 20.7 Å². The highest BCUT2D eigenvalue weighted by Crippen LogP contribution is 2.52. The normalized spacial score (nSPS) is 12.2. The van der Waals surface area contributed by atoms with Crippen molar-refractivity contribution in [1.29, 1.82) is 0 Å². The number of hydrogen-bond acceptors (Lipinski definition) is 8. The molecule has 0 spiro atoms. The summed E-state index contributed by atoms with van der Waals surface area (Å²) in [4.78, 5) is 40.1. The summed E-state index contributed by atoms with van der Waals surface area (Å²) >= 11 is 0. The SMILES string of the molecule is O=C(O)c1ccc2c3c(cccc13)-c1c-2cc(S(=O)(=O)O)c2nccnc12.O=C(O)c1ccc2c3c(cccc13)-c1c-2ccc2nccnc12. The molecule has 0 saturated carbocycles. The molecule has 0 bridgehead atoms. The van der Waals surface area contributed by atoms with Crippen molar-refractivity contribution in [2.24, 2.45) is 0 Å². The minimum Gasteiger partial charge on any atom is -0.478 e. The van der Waals surface area contributed by atoms with Gasteiger partial charge in [0.25, 0.3) is 10.1 Å². The molecule has 8 aromatic rings. The Balaban J connectivity index is 0.000000136. The molecular formula is C38H20N4O7S. The average Bonchev–Trinajstić information content (AvgIpc) is 3.63. The van der Waals surface area contributed by atoms with Gasteiger partial charge in [-0.1, -0.05) is 54.6 Å². The maximum atomic E-state index is 11.9. The van der Waals surface area contributed by atoms with Crippen LogP contribution in [0.4, 0.5) is 0 Å². The zero-order chi connectivity index (χ0) is 34.5. The topological polar surface area (TPSA) is 181 Å². The third kappa shape index (κ3) is 4.09.